The smallest absolute Gasteiger partial charge is 0 e. The molecule has 0 aromatic carbocycles. The molecule has 0 N–H and O–H groups in total. The van der Waals surface area contributed by atoms with E-state index in [4.69, 9.17) is 0 Å². The fourth-order valence-corrected chi connectivity index (χ4v) is 0. The summed E-state index contributed by atoms with van der Waals surface area (Å²) >= 11 is 0. The zero-order chi connectivity index (χ0) is 0. The maximum atomic E-state index is 0. The first kappa shape index (κ1) is 352. The van der Waals surface area contributed by atoms with Gasteiger partial charge in [-0.25, -0.2) is 0 Å². The van der Waals surface area contributed by atoms with Crippen LogP contribution in [0, 0.1) is 0 Å². The molecule has 47 heavy (non-hydrogen) atoms. The van der Waals surface area contributed by atoms with E-state index in [1.165, 1.54) is 0 Å². The third kappa shape index (κ3) is 334. The third-order valence-electron chi connectivity index (χ3n) is 0. The summed E-state index contributed by atoms with van der Waals surface area (Å²) in [7, 11) is 0. The molecule has 0 aliphatic carbocycles. The molecular formula is Y47. The fraction of sp³-hybridized carbons (Fsp3) is 0. The van der Waals surface area contributed by atoms with Crippen LogP contribution in [0.5, 0.6) is 0 Å². The molecule has 0 atom stereocenters. The maximum Gasteiger partial charge on any atom is 0 e. The minimum absolute atomic E-state index is 0. The van der Waals surface area contributed by atoms with Gasteiger partial charge in [-0.15, -0.1) is 0 Å². The molecule has 0 saturated heterocycles. The van der Waals surface area contributed by atoms with Crippen LogP contribution in [0.1, 0.15) is 0 Å². The van der Waals surface area contributed by atoms with E-state index in [0.717, 1.165) is 0 Å². The Bertz CT molecular complexity index is 0. The zero-order valence-electron chi connectivity index (χ0n) is 27.1. The van der Waals surface area contributed by atoms with Gasteiger partial charge in [-0.05, 0) is 0 Å². The van der Waals surface area contributed by atoms with Crippen LogP contribution >= 0.6 is 0 Å². The van der Waals surface area contributed by atoms with E-state index in [0.29, 0.717) is 0 Å². The SMILES string of the molecule is [Y].[Y].[Y].[Y].[Y].[Y].[Y].[Y].[Y].[Y].[Y].[Y].[Y].[Y].[Y].[Y].[Y].[Y].[Y].[Y].[Y].[Y].[Y].[Y].[Y].[Y].[Y].[Y].[Y].[Y].[Y].[Y].[Y].[Y].[Y].[Y].[Y].[Y].[Y].[Y].[Y].[Y].[Y].[Y].[Y].[Y].[Y]. The van der Waals surface area contributed by atoms with Crippen LogP contribution in [-0.4, -0.2) is 0 Å². The van der Waals surface area contributed by atoms with Crippen LogP contribution in [-0.2, 0) is 1540 Å². The van der Waals surface area contributed by atoms with Crippen LogP contribution < -0.4 is 0 Å². The Balaban J connectivity index is 0. The molecule has 0 fully saturated rings. The molecule has 0 aliphatic heterocycles. The summed E-state index contributed by atoms with van der Waals surface area (Å²) in [6.45, 7) is 0. The van der Waals surface area contributed by atoms with Gasteiger partial charge in [-0.3, -0.25) is 0 Å². The second-order valence-electron chi connectivity index (χ2n) is 0. The molecule has 0 bridgehead atoms. The van der Waals surface area contributed by atoms with Gasteiger partial charge in [0.1, 0.15) is 0 Å². The summed E-state index contributed by atoms with van der Waals surface area (Å²) < 4.78 is 0. The van der Waals surface area contributed by atoms with Crippen molar-refractivity contribution in [1.82, 2.24) is 0 Å². The summed E-state index contributed by atoms with van der Waals surface area (Å²) in [5.74, 6) is 0. The van der Waals surface area contributed by atoms with Gasteiger partial charge < -0.3 is 0 Å². The molecule has 47 heteroatoms. The van der Waals surface area contributed by atoms with Gasteiger partial charge in [0.2, 0.25) is 0 Å². The predicted molar refractivity (Wildman–Crippen MR) is 0 cm³/mol. The van der Waals surface area contributed by atoms with Crippen molar-refractivity contribution in [3.8, 4) is 0 Å². The fourth-order valence-electron chi connectivity index (χ4n) is 0. The van der Waals surface area contributed by atoms with Gasteiger partial charge in [0, 0.05) is 1540 Å². The quantitative estimate of drug-likeness (QED) is 0.318. The topological polar surface area (TPSA) is 0 Å². The molecule has 0 rings (SSSR count). The molecule has 0 aromatic heterocycles. The largest absolute Gasteiger partial charge is 0 e. The molecule has 0 nitrogen and oxygen atoms in total. The first-order valence-corrected chi connectivity index (χ1v) is 0. The molecule has 0 aromatic rings. The normalized spacial score (nSPS) is 0. The van der Waals surface area contributed by atoms with Gasteiger partial charge in [-0.2, -0.15) is 0 Å². The van der Waals surface area contributed by atoms with Gasteiger partial charge >= 0.3 is 0 Å². The number of hydrogen-bond donors (Lipinski definition) is 0. The predicted octanol–water partition coefficient (Wildman–Crippen LogP) is -0.118. The molecule has 0 heterocycles. The van der Waals surface area contributed by atoms with E-state index in [1.807, 2.05) is 0 Å². The van der Waals surface area contributed by atoms with E-state index in [-0.39, 0.29) is 1540 Å². The van der Waals surface area contributed by atoms with Crippen molar-refractivity contribution >= 4 is 0 Å². The molecule has 0 amide bonds. The molecule has 0 unspecified atom stereocenters. The summed E-state index contributed by atoms with van der Waals surface area (Å²) in [6, 6.07) is 0. The van der Waals surface area contributed by atoms with Gasteiger partial charge in [0.05, 0.1) is 0 Å². The van der Waals surface area contributed by atoms with Crippen LogP contribution in [0.25, 0.3) is 0 Å². The zero-order valence-corrected chi connectivity index (χ0v) is 161. The van der Waals surface area contributed by atoms with Crippen molar-refractivity contribution in [2.45, 2.75) is 0 Å². The van der Waals surface area contributed by atoms with Gasteiger partial charge in [-0.1, -0.05) is 0 Å². The summed E-state index contributed by atoms with van der Waals surface area (Å²) in [5, 5.41) is 0. The molecule has 0 saturated carbocycles. The molecular weight excluding hydrogens is 4180 g/mol. The van der Waals surface area contributed by atoms with Crippen molar-refractivity contribution < 1.29 is 1540 Å². The van der Waals surface area contributed by atoms with E-state index in [1.54, 1.807) is 0 Å². The minimum atomic E-state index is 0. The van der Waals surface area contributed by atoms with Crippen molar-refractivity contribution in [3.05, 3.63) is 0 Å². The Labute approximate surface area is 1480 Å². The Morgan fingerprint density at radius 2 is 0.0213 bits per heavy atom. The van der Waals surface area contributed by atoms with Crippen LogP contribution in [0.4, 0.5) is 0 Å². The van der Waals surface area contributed by atoms with Gasteiger partial charge in [0.25, 0.3) is 0 Å². The number of rotatable bonds is 0. The van der Waals surface area contributed by atoms with Crippen LogP contribution in [0.15, 0.2) is 0 Å². The second-order valence-corrected chi connectivity index (χ2v) is 0. The first-order valence-electron chi connectivity index (χ1n) is 0. The van der Waals surface area contributed by atoms with E-state index < -0.39 is 0 Å². The standard InChI is InChI=1S/47Y. The van der Waals surface area contributed by atoms with Crippen molar-refractivity contribution in [2.24, 2.45) is 0 Å². The van der Waals surface area contributed by atoms with E-state index >= 15 is 0 Å². The van der Waals surface area contributed by atoms with Gasteiger partial charge in [0.15, 0.2) is 0 Å². The molecule has 47 radical (unpaired) electrons. The van der Waals surface area contributed by atoms with E-state index in [2.05, 4.69) is 0 Å². The second kappa shape index (κ2) is 341. The van der Waals surface area contributed by atoms with Crippen molar-refractivity contribution in [2.75, 3.05) is 0 Å². The third-order valence-corrected chi connectivity index (χ3v) is 0. The Hall–Kier alpha value is 51.9. The maximum absolute atomic E-state index is 0. The summed E-state index contributed by atoms with van der Waals surface area (Å²) in [5.41, 5.74) is 0. The average molecular weight is 4180 g/mol. The molecule has 0 spiro atoms. The van der Waals surface area contributed by atoms with Crippen LogP contribution in [0.2, 0.25) is 0 Å². The first-order chi connectivity index (χ1) is 0. The monoisotopic (exact) mass is 4180 g/mol. The molecule has 141 valence electrons. The minimum Gasteiger partial charge on any atom is 0 e. The average Bonchev–Trinajstić information content (AvgIpc) is 0. The summed E-state index contributed by atoms with van der Waals surface area (Å²) in [4.78, 5) is 0. The van der Waals surface area contributed by atoms with Crippen molar-refractivity contribution in [3.63, 3.8) is 0 Å². The Kier molecular flexibility index (Phi) is 2560. The van der Waals surface area contributed by atoms with Crippen LogP contribution in [0.3, 0.4) is 0 Å². The summed E-state index contributed by atoms with van der Waals surface area (Å²) in [6.07, 6.45) is 0. The Morgan fingerprint density at radius 1 is 0.0213 bits per heavy atom. The van der Waals surface area contributed by atoms with E-state index in [9.17, 15) is 0 Å². The Morgan fingerprint density at radius 3 is 0.0213 bits per heavy atom. The number of hydrogen-bond acceptors (Lipinski definition) is 0. The molecule has 0 aliphatic rings. The van der Waals surface area contributed by atoms with Crippen molar-refractivity contribution in [1.29, 1.82) is 0 Å².